The van der Waals surface area contributed by atoms with Gasteiger partial charge in [-0.1, -0.05) is 6.07 Å². The molecule has 0 spiro atoms. The second kappa shape index (κ2) is 9.87. The minimum atomic E-state index is 0.0351. The van der Waals surface area contributed by atoms with Crippen LogP contribution in [-0.4, -0.2) is 74.6 Å². The molecule has 2 aliphatic rings. The van der Waals surface area contributed by atoms with E-state index in [1.807, 2.05) is 23.1 Å². The van der Waals surface area contributed by atoms with Crippen LogP contribution in [0.2, 0.25) is 0 Å². The van der Waals surface area contributed by atoms with Gasteiger partial charge in [0.05, 0.1) is 33.0 Å². The van der Waals surface area contributed by atoms with Crippen LogP contribution in [-0.2, 0) is 16.0 Å². The molecule has 1 aromatic rings. The van der Waals surface area contributed by atoms with E-state index in [1.165, 1.54) is 0 Å². The standard InChI is InChI=1S/C19H29N3O4/c23-8-10-26-12-11-25-9-7-21-18-5-1-4-16-17(18)14-22(19(16)24)15-3-2-6-20-13-15/h1,4-5,15,20-21,23H,2-3,6-14H2. The summed E-state index contributed by atoms with van der Waals surface area (Å²) in [6.07, 6.45) is 2.19. The molecular formula is C19H29N3O4. The van der Waals surface area contributed by atoms with Gasteiger partial charge in [-0.25, -0.2) is 0 Å². The van der Waals surface area contributed by atoms with Gasteiger partial charge in [-0.15, -0.1) is 0 Å². The van der Waals surface area contributed by atoms with E-state index in [-0.39, 0.29) is 12.5 Å². The van der Waals surface area contributed by atoms with E-state index in [4.69, 9.17) is 14.6 Å². The van der Waals surface area contributed by atoms with Crippen molar-refractivity contribution in [3.63, 3.8) is 0 Å². The lowest BCUT2D eigenvalue weighted by atomic mass is 10.1. The molecule has 144 valence electrons. The number of fused-ring (bicyclic) bond motifs is 1. The number of nitrogens with one attached hydrogen (secondary N) is 2. The van der Waals surface area contributed by atoms with Crippen molar-refractivity contribution in [1.29, 1.82) is 0 Å². The van der Waals surface area contributed by atoms with Crippen molar-refractivity contribution in [2.75, 3.05) is 58.0 Å². The summed E-state index contributed by atoms with van der Waals surface area (Å²) in [5.41, 5.74) is 2.93. The number of ether oxygens (including phenoxy) is 2. The van der Waals surface area contributed by atoms with Crippen molar-refractivity contribution >= 4 is 11.6 Å². The Labute approximate surface area is 154 Å². The molecule has 0 saturated carbocycles. The van der Waals surface area contributed by atoms with Gasteiger partial charge in [-0.3, -0.25) is 4.79 Å². The zero-order chi connectivity index (χ0) is 18.2. The third-order valence-electron chi connectivity index (χ3n) is 4.88. The Morgan fingerprint density at radius 3 is 2.85 bits per heavy atom. The molecule has 1 saturated heterocycles. The van der Waals surface area contributed by atoms with Crippen LogP contribution in [0.3, 0.4) is 0 Å². The van der Waals surface area contributed by atoms with Crippen molar-refractivity contribution in [3.8, 4) is 0 Å². The Balaban J connectivity index is 1.48. The first-order valence-electron chi connectivity index (χ1n) is 9.45. The second-order valence-electron chi connectivity index (χ2n) is 6.64. The third kappa shape index (κ3) is 4.73. The molecule has 2 aliphatic heterocycles. The Bertz CT molecular complexity index is 590. The molecule has 1 unspecified atom stereocenters. The van der Waals surface area contributed by atoms with Gasteiger partial charge in [0.25, 0.3) is 5.91 Å². The van der Waals surface area contributed by atoms with Gasteiger partial charge in [0.1, 0.15) is 0 Å². The van der Waals surface area contributed by atoms with Crippen LogP contribution in [0.25, 0.3) is 0 Å². The highest BCUT2D eigenvalue weighted by Gasteiger charge is 2.34. The van der Waals surface area contributed by atoms with E-state index in [9.17, 15) is 4.79 Å². The first kappa shape index (κ1) is 19.1. The van der Waals surface area contributed by atoms with Crippen LogP contribution in [0, 0.1) is 0 Å². The Morgan fingerprint density at radius 1 is 1.23 bits per heavy atom. The first-order valence-corrected chi connectivity index (χ1v) is 9.45. The fourth-order valence-electron chi connectivity index (χ4n) is 3.56. The second-order valence-corrected chi connectivity index (χ2v) is 6.64. The van der Waals surface area contributed by atoms with E-state index in [0.29, 0.717) is 45.6 Å². The lowest BCUT2D eigenvalue weighted by Crippen LogP contribution is -2.46. The number of carbonyl (C=O) groups excluding carboxylic acids is 1. The van der Waals surface area contributed by atoms with Crippen LogP contribution in [0.15, 0.2) is 18.2 Å². The predicted octanol–water partition coefficient (Wildman–Crippen LogP) is 0.832. The number of carbonyl (C=O) groups is 1. The number of anilines is 1. The average Bonchev–Trinajstić information content (AvgIpc) is 3.02. The quantitative estimate of drug-likeness (QED) is 0.534. The van der Waals surface area contributed by atoms with Gasteiger partial charge >= 0.3 is 0 Å². The van der Waals surface area contributed by atoms with Crippen LogP contribution >= 0.6 is 0 Å². The summed E-state index contributed by atoms with van der Waals surface area (Å²) in [5.74, 6) is 0.148. The molecule has 3 N–H and O–H groups in total. The molecular weight excluding hydrogens is 334 g/mol. The lowest BCUT2D eigenvalue weighted by Gasteiger charge is -2.31. The van der Waals surface area contributed by atoms with Gasteiger partial charge in [0.15, 0.2) is 0 Å². The molecule has 1 aromatic carbocycles. The van der Waals surface area contributed by atoms with Gasteiger partial charge in [-0.05, 0) is 31.5 Å². The number of amides is 1. The van der Waals surface area contributed by atoms with Gasteiger partial charge in [0, 0.05) is 42.5 Å². The summed E-state index contributed by atoms with van der Waals surface area (Å²) in [5, 5.41) is 15.4. The van der Waals surface area contributed by atoms with Crippen LogP contribution in [0.4, 0.5) is 5.69 Å². The normalized spacial score (nSPS) is 19.7. The zero-order valence-electron chi connectivity index (χ0n) is 15.2. The molecule has 2 heterocycles. The van der Waals surface area contributed by atoms with Crippen LogP contribution < -0.4 is 10.6 Å². The van der Waals surface area contributed by atoms with E-state index in [1.54, 1.807) is 0 Å². The Hall–Kier alpha value is -1.67. The van der Waals surface area contributed by atoms with E-state index in [2.05, 4.69) is 10.6 Å². The maximum Gasteiger partial charge on any atom is 0.254 e. The summed E-state index contributed by atoms with van der Waals surface area (Å²) in [6, 6.07) is 6.18. The third-order valence-corrected chi connectivity index (χ3v) is 4.88. The predicted molar refractivity (Wildman–Crippen MR) is 99.4 cm³/mol. The van der Waals surface area contributed by atoms with Crippen molar-refractivity contribution in [1.82, 2.24) is 10.2 Å². The summed E-state index contributed by atoms with van der Waals surface area (Å²) in [4.78, 5) is 14.8. The van der Waals surface area contributed by atoms with Gasteiger partial charge < -0.3 is 30.1 Å². The maximum atomic E-state index is 12.8. The minimum Gasteiger partial charge on any atom is -0.394 e. The van der Waals surface area contributed by atoms with E-state index in [0.717, 1.165) is 42.7 Å². The molecule has 0 radical (unpaired) electrons. The Kier molecular flexibility index (Phi) is 7.25. The molecule has 7 heteroatoms. The zero-order valence-corrected chi connectivity index (χ0v) is 15.2. The molecule has 0 aliphatic carbocycles. The number of hydrogen-bond donors (Lipinski definition) is 3. The number of hydrogen-bond acceptors (Lipinski definition) is 6. The summed E-state index contributed by atoms with van der Waals surface area (Å²) < 4.78 is 10.6. The van der Waals surface area contributed by atoms with E-state index < -0.39 is 0 Å². The highest BCUT2D eigenvalue weighted by Crippen LogP contribution is 2.31. The monoisotopic (exact) mass is 363 g/mol. The molecule has 1 fully saturated rings. The number of aliphatic hydroxyl groups excluding tert-OH is 1. The molecule has 1 atom stereocenters. The summed E-state index contributed by atoms with van der Waals surface area (Å²) in [6.45, 7) is 5.23. The topological polar surface area (TPSA) is 83.1 Å². The highest BCUT2D eigenvalue weighted by atomic mass is 16.5. The number of rotatable bonds is 10. The number of benzene rings is 1. The number of piperidine rings is 1. The van der Waals surface area contributed by atoms with Crippen molar-refractivity contribution in [2.24, 2.45) is 0 Å². The first-order chi connectivity index (χ1) is 12.8. The molecule has 1 amide bonds. The Morgan fingerprint density at radius 2 is 2.08 bits per heavy atom. The van der Waals surface area contributed by atoms with E-state index >= 15 is 0 Å². The van der Waals surface area contributed by atoms with Crippen LogP contribution in [0.1, 0.15) is 28.8 Å². The molecule has 7 nitrogen and oxygen atoms in total. The van der Waals surface area contributed by atoms with Gasteiger partial charge in [0.2, 0.25) is 0 Å². The molecule has 0 bridgehead atoms. The molecule has 3 rings (SSSR count). The van der Waals surface area contributed by atoms with Crippen LogP contribution in [0.5, 0.6) is 0 Å². The van der Waals surface area contributed by atoms with Crippen molar-refractivity contribution in [2.45, 2.75) is 25.4 Å². The van der Waals surface area contributed by atoms with Crippen molar-refractivity contribution < 1.29 is 19.4 Å². The smallest absolute Gasteiger partial charge is 0.254 e. The lowest BCUT2D eigenvalue weighted by molar-refractivity contribution is 0.0361. The number of nitrogens with zero attached hydrogens (tertiary/aromatic N) is 1. The summed E-state index contributed by atoms with van der Waals surface area (Å²) >= 11 is 0. The average molecular weight is 363 g/mol. The molecule has 0 aromatic heterocycles. The maximum absolute atomic E-state index is 12.8. The summed E-state index contributed by atoms with van der Waals surface area (Å²) in [7, 11) is 0. The fourth-order valence-corrected chi connectivity index (χ4v) is 3.56. The largest absolute Gasteiger partial charge is 0.394 e. The fraction of sp³-hybridized carbons (Fsp3) is 0.632. The SMILES string of the molecule is O=C1c2cccc(NCCOCCOCCO)c2CN1C1CCCNC1. The van der Waals surface area contributed by atoms with Crippen molar-refractivity contribution in [3.05, 3.63) is 29.3 Å². The van der Waals surface area contributed by atoms with Gasteiger partial charge in [-0.2, -0.15) is 0 Å². The highest BCUT2D eigenvalue weighted by molar-refractivity contribution is 6.00. The number of aliphatic hydroxyl groups is 1. The minimum absolute atomic E-state index is 0.0351. The molecule has 26 heavy (non-hydrogen) atoms.